The number of hydrogen-bond donors (Lipinski definition) is 1. The van der Waals surface area contributed by atoms with E-state index in [0.717, 1.165) is 6.42 Å². The normalized spacial score (nSPS) is 15.2. The Morgan fingerprint density at radius 1 is 1.21 bits per heavy atom. The lowest BCUT2D eigenvalue weighted by Gasteiger charge is -2.17. The van der Waals surface area contributed by atoms with Crippen molar-refractivity contribution in [3.8, 4) is 0 Å². The van der Waals surface area contributed by atoms with Crippen molar-refractivity contribution < 1.29 is 0 Å². The summed E-state index contributed by atoms with van der Waals surface area (Å²) in [4.78, 5) is 0. The molecule has 1 heteroatoms. The molecular formula is C13H21N. The Balaban J connectivity index is 2.89. The second-order valence-electron chi connectivity index (χ2n) is 4.40. The number of nitrogens with two attached hydrogens (primary N) is 1. The standard InChI is InChI=1S/C13H21N/c1-9-6-5-7-13(12(9)4)10(2)8-11(3)14/h5-7,10-11H,8,14H2,1-4H3. The second kappa shape index (κ2) is 4.61. The van der Waals surface area contributed by atoms with Crippen molar-refractivity contribution in [3.63, 3.8) is 0 Å². The highest BCUT2D eigenvalue weighted by atomic mass is 14.6. The van der Waals surface area contributed by atoms with Crippen LogP contribution in [0.3, 0.4) is 0 Å². The first kappa shape index (κ1) is 11.3. The molecule has 2 unspecified atom stereocenters. The van der Waals surface area contributed by atoms with Crippen LogP contribution in [0.2, 0.25) is 0 Å². The number of rotatable bonds is 3. The SMILES string of the molecule is Cc1cccc(C(C)CC(C)N)c1C. The number of aryl methyl sites for hydroxylation is 1. The summed E-state index contributed by atoms with van der Waals surface area (Å²) in [6.07, 6.45) is 1.06. The summed E-state index contributed by atoms with van der Waals surface area (Å²) in [5.41, 5.74) is 10.1. The summed E-state index contributed by atoms with van der Waals surface area (Å²) in [6, 6.07) is 6.80. The Hall–Kier alpha value is -0.820. The zero-order valence-corrected chi connectivity index (χ0v) is 9.67. The van der Waals surface area contributed by atoms with Crippen LogP contribution < -0.4 is 5.73 Å². The van der Waals surface area contributed by atoms with Crippen LogP contribution in [0.25, 0.3) is 0 Å². The highest BCUT2D eigenvalue weighted by molar-refractivity contribution is 5.35. The van der Waals surface area contributed by atoms with E-state index in [1.54, 1.807) is 0 Å². The van der Waals surface area contributed by atoms with Gasteiger partial charge in [-0.05, 0) is 49.8 Å². The van der Waals surface area contributed by atoms with E-state index in [1.807, 2.05) is 0 Å². The van der Waals surface area contributed by atoms with Gasteiger partial charge < -0.3 is 5.73 Å². The van der Waals surface area contributed by atoms with Gasteiger partial charge in [-0.1, -0.05) is 25.1 Å². The Bertz CT molecular complexity index is 302. The summed E-state index contributed by atoms with van der Waals surface area (Å²) in [7, 11) is 0. The monoisotopic (exact) mass is 191 g/mol. The molecule has 1 aromatic carbocycles. The van der Waals surface area contributed by atoms with Gasteiger partial charge in [0.1, 0.15) is 0 Å². The van der Waals surface area contributed by atoms with Gasteiger partial charge in [-0.25, -0.2) is 0 Å². The van der Waals surface area contributed by atoms with Crippen LogP contribution in [-0.4, -0.2) is 6.04 Å². The molecule has 0 aromatic heterocycles. The lowest BCUT2D eigenvalue weighted by molar-refractivity contribution is 0.584. The summed E-state index contributed by atoms with van der Waals surface area (Å²) < 4.78 is 0. The van der Waals surface area contributed by atoms with Crippen LogP contribution in [0.5, 0.6) is 0 Å². The van der Waals surface area contributed by atoms with Crippen LogP contribution in [-0.2, 0) is 0 Å². The van der Waals surface area contributed by atoms with Gasteiger partial charge in [0.2, 0.25) is 0 Å². The molecule has 0 saturated heterocycles. The van der Waals surface area contributed by atoms with Gasteiger partial charge in [-0.15, -0.1) is 0 Å². The van der Waals surface area contributed by atoms with E-state index < -0.39 is 0 Å². The zero-order valence-electron chi connectivity index (χ0n) is 9.67. The van der Waals surface area contributed by atoms with Gasteiger partial charge in [0.15, 0.2) is 0 Å². The highest BCUT2D eigenvalue weighted by Gasteiger charge is 2.10. The maximum atomic E-state index is 5.82. The van der Waals surface area contributed by atoms with Gasteiger partial charge >= 0.3 is 0 Å². The van der Waals surface area contributed by atoms with Crippen LogP contribution in [0.1, 0.15) is 42.9 Å². The quantitative estimate of drug-likeness (QED) is 0.780. The van der Waals surface area contributed by atoms with Crippen molar-refractivity contribution >= 4 is 0 Å². The minimum atomic E-state index is 0.282. The first-order valence-electron chi connectivity index (χ1n) is 5.34. The number of hydrogen-bond acceptors (Lipinski definition) is 1. The predicted octanol–water partition coefficient (Wildman–Crippen LogP) is 3.14. The fourth-order valence-corrected chi connectivity index (χ4v) is 1.99. The molecule has 0 radical (unpaired) electrons. The average molecular weight is 191 g/mol. The molecule has 0 heterocycles. The molecule has 2 N–H and O–H groups in total. The average Bonchev–Trinajstić information content (AvgIpc) is 2.08. The molecule has 0 aliphatic rings. The molecule has 78 valence electrons. The van der Waals surface area contributed by atoms with Gasteiger partial charge in [0.05, 0.1) is 0 Å². The Morgan fingerprint density at radius 3 is 2.43 bits per heavy atom. The summed E-state index contributed by atoms with van der Waals surface area (Å²) in [5.74, 6) is 0.565. The minimum Gasteiger partial charge on any atom is -0.328 e. The summed E-state index contributed by atoms with van der Waals surface area (Å²) in [5, 5.41) is 0. The van der Waals surface area contributed by atoms with Gasteiger partial charge in [0.25, 0.3) is 0 Å². The van der Waals surface area contributed by atoms with E-state index in [4.69, 9.17) is 5.73 Å². The van der Waals surface area contributed by atoms with Gasteiger partial charge in [-0.2, -0.15) is 0 Å². The third-order valence-corrected chi connectivity index (χ3v) is 2.90. The van der Waals surface area contributed by atoms with Crippen LogP contribution in [0, 0.1) is 13.8 Å². The molecule has 0 fully saturated rings. The third-order valence-electron chi connectivity index (χ3n) is 2.90. The summed E-state index contributed by atoms with van der Waals surface area (Å²) >= 11 is 0. The van der Waals surface area contributed by atoms with E-state index in [-0.39, 0.29) is 6.04 Å². The van der Waals surface area contributed by atoms with E-state index in [1.165, 1.54) is 16.7 Å². The molecular weight excluding hydrogens is 170 g/mol. The molecule has 0 saturated carbocycles. The molecule has 0 spiro atoms. The van der Waals surface area contributed by atoms with Crippen molar-refractivity contribution in [2.75, 3.05) is 0 Å². The maximum Gasteiger partial charge on any atom is 0.00162 e. The molecule has 0 aliphatic heterocycles. The summed E-state index contributed by atoms with van der Waals surface area (Å²) in [6.45, 7) is 8.69. The predicted molar refractivity (Wildman–Crippen MR) is 62.6 cm³/mol. The van der Waals surface area contributed by atoms with E-state index in [2.05, 4.69) is 45.9 Å². The zero-order chi connectivity index (χ0) is 10.7. The van der Waals surface area contributed by atoms with Gasteiger partial charge in [-0.3, -0.25) is 0 Å². The highest BCUT2D eigenvalue weighted by Crippen LogP contribution is 2.25. The topological polar surface area (TPSA) is 26.0 Å². The molecule has 1 nitrogen and oxygen atoms in total. The van der Waals surface area contributed by atoms with Crippen molar-refractivity contribution in [1.82, 2.24) is 0 Å². The van der Waals surface area contributed by atoms with E-state index in [0.29, 0.717) is 5.92 Å². The molecule has 0 bridgehead atoms. The van der Waals surface area contributed by atoms with Crippen LogP contribution in [0.4, 0.5) is 0 Å². The molecule has 1 rings (SSSR count). The smallest absolute Gasteiger partial charge is 0.00162 e. The van der Waals surface area contributed by atoms with Crippen molar-refractivity contribution in [3.05, 3.63) is 34.9 Å². The molecule has 0 aliphatic carbocycles. The van der Waals surface area contributed by atoms with Crippen molar-refractivity contribution in [2.45, 2.75) is 46.1 Å². The fourth-order valence-electron chi connectivity index (χ4n) is 1.99. The fraction of sp³-hybridized carbons (Fsp3) is 0.538. The molecule has 0 amide bonds. The Kier molecular flexibility index (Phi) is 3.70. The Labute approximate surface area is 87.3 Å². The van der Waals surface area contributed by atoms with E-state index in [9.17, 15) is 0 Å². The van der Waals surface area contributed by atoms with Crippen molar-refractivity contribution in [1.29, 1.82) is 0 Å². The third kappa shape index (κ3) is 2.58. The second-order valence-corrected chi connectivity index (χ2v) is 4.40. The molecule has 1 aromatic rings. The number of benzene rings is 1. The van der Waals surface area contributed by atoms with Crippen molar-refractivity contribution in [2.24, 2.45) is 5.73 Å². The minimum absolute atomic E-state index is 0.282. The maximum absolute atomic E-state index is 5.82. The molecule has 2 atom stereocenters. The Morgan fingerprint density at radius 2 is 1.86 bits per heavy atom. The lowest BCUT2D eigenvalue weighted by atomic mass is 9.89. The van der Waals surface area contributed by atoms with E-state index >= 15 is 0 Å². The first-order valence-corrected chi connectivity index (χ1v) is 5.34. The molecule has 14 heavy (non-hydrogen) atoms. The van der Waals surface area contributed by atoms with Crippen LogP contribution in [0.15, 0.2) is 18.2 Å². The largest absolute Gasteiger partial charge is 0.328 e. The van der Waals surface area contributed by atoms with Gasteiger partial charge in [0, 0.05) is 6.04 Å². The lowest BCUT2D eigenvalue weighted by Crippen LogP contribution is -2.17. The van der Waals surface area contributed by atoms with Crippen LogP contribution >= 0.6 is 0 Å². The first-order chi connectivity index (χ1) is 6.52.